The molecule has 2 aromatic rings. The number of hydrogen-bond acceptors (Lipinski definition) is 2. The molecule has 0 aromatic heterocycles. The number of aromatic carboxylic acids is 1. The zero-order chi connectivity index (χ0) is 17.1. The summed E-state index contributed by atoms with van der Waals surface area (Å²) in [5.74, 6) is 1.67. The fourth-order valence-electron chi connectivity index (χ4n) is 5.62. The highest BCUT2D eigenvalue weighted by atomic mass is 79.9. The molecular formula is C21H20BrNO2. The molecule has 2 saturated carbocycles. The van der Waals surface area contributed by atoms with E-state index in [9.17, 15) is 9.90 Å². The topological polar surface area (TPSA) is 49.3 Å². The zero-order valence-electron chi connectivity index (χ0n) is 13.8. The van der Waals surface area contributed by atoms with Crippen molar-refractivity contribution in [3.05, 3.63) is 63.6 Å². The van der Waals surface area contributed by atoms with Crippen LogP contribution in [-0.4, -0.2) is 11.1 Å². The summed E-state index contributed by atoms with van der Waals surface area (Å²) in [5.41, 5.74) is 4.08. The maximum Gasteiger partial charge on any atom is 0.335 e. The van der Waals surface area contributed by atoms with Gasteiger partial charge in [-0.15, -0.1) is 0 Å². The van der Waals surface area contributed by atoms with Crippen LogP contribution in [0.3, 0.4) is 0 Å². The number of carboxylic acid groups (broad SMARTS) is 1. The van der Waals surface area contributed by atoms with Crippen molar-refractivity contribution in [2.45, 2.75) is 31.2 Å². The molecule has 2 fully saturated rings. The Bertz CT molecular complexity index is 847. The van der Waals surface area contributed by atoms with E-state index < -0.39 is 5.97 Å². The SMILES string of the molecule is O=C(O)c1ccc2c(c1)[C@@H]1[C@H]3CC[C@@H](C3)[C@@H]1[C@@H](c1ccc(Br)cc1)N2. The van der Waals surface area contributed by atoms with Crippen LogP contribution in [0.1, 0.15) is 52.7 Å². The summed E-state index contributed by atoms with van der Waals surface area (Å²) >= 11 is 3.53. The van der Waals surface area contributed by atoms with Crippen LogP contribution in [0, 0.1) is 17.8 Å². The number of fused-ring (bicyclic) bond motifs is 7. The number of halogens is 1. The van der Waals surface area contributed by atoms with Gasteiger partial charge in [-0.3, -0.25) is 0 Å². The predicted molar refractivity (Wildman–Crippen MR) is 101 cm³/mol. The molecule has 1 heterocycles. The second kappa shape index (κ2) is 5.60. The summed E-state index contributed by atoms with van der Waals surface area (Å²) in [7, 11) is 0. The molecule has 0 spiro atoms. The molecule has 0 amide bonds. The van der Waals surface area contributed by atoms with E-state index in [1.165, 1.54) is 30.4 Å². The van der Waals surface area contributed by atoms with E-state index in [1.54, 1.807) is 6.07 Å². The quantitative estimate of drug-likeness (QED) is 0.708. The molecule has 3 nitrogen and oxygen atoms in total. The van der Waals surface area contributed by atoms with Crippen molar-refractivity contribution in [2.24, 2.45) is 17.8 Å². The van der Waals surface area contributed by atoms with Crippen molar-refractivity contribution in [1.29, 1.82) is 0 Å². The van der Waals surface area contributed by atoms with Crippen LogP contribution in [-0.2, 0) is 0 Å². The molecule has 2 N–H and O–H groups in total. The zero-order valence-corrected chi connectivity index (χ0v) is 15.4. The van der Waals surface area contributed by atoms with Gasteiger partial charge in [0, 0.05) is 10.2 Å². The number of carbonyl (C=O) groups is 1. The number of benzene rings is 2. The molecule has 0 unspecified atom stereocenters. The van der Waals surface area contributed by atoms with Crippen molar-refractivity contribution in [3.8, 4) is 0 Å². The van der Waals surface area contributed by atoms with Gasteiger partial charge in [0.25, 0.3) is 0 Å². The third kappa shape index (κ3) is 2.34. The maximum absolute atomic E-state index is 11.4. The first-order valence-corrected chi connectivity index (χ1v) is 9.80. The van der Waals surface area contributed by atoms with Crippen LogP contribution in [0.25, 0.3) is 0 Å². The third-order valence-corrected chi connectivity index (χ3v) is 7.09. The second-order valence-electron chi connectivity index (χ2n) is 7.72. The van der Waals surface area contributed by atoms with Crippen molar-refractivity contribution >= 4 is 27.6 Å². The van der Waals surface area contributed by atoms with Gasteiger partial charge in [0.1, 0.15) is 0 Å². The van der Waals surface area contributed by atoms with Gasteiger partial charge in [-0.1, -0.05) is 28.1 Å². The van der Waals surface area contributed by atoms with Crippen LogP contribution in [0.4, 0.5) is 5.69 Å². The fraction of sp³-hybridized carbons (Fsp3) is 0.381. The minimum atomic E-state index is -0.836. The molecule has 5 atom stereocenters. The van der Waals surface area contributed by atoms with E-state index in [0.29, 0.717) is 29.4 Å². The van der Waals surface area contributed by atoms with Crippen LogP contribution in [0.2, 0.25) is 0 Å². The fourth-order valence-corrected chi connectivity index (χ4v) is 5.88. The Labute approximate surface area is 155 Å². The number of rotatable bonds is 2. The average Bonchev–Trinajstić information content (AvgIpc) is 3.23. The lowest BCUT2D eigenvalue weighted by molar-refractivity contribution is 0.0696. The Morgan fingerprint density at radius 3 is 2.60 bits per heavy atom. The lowest BCUT2D eigenvalue weighted by Crippen LogP contribution is -2.35. The predicted octanol–water partition coefficient (Wildman–Crippen LogP) is 5.44. The van der Waals surface area contributed by atoms with Crippen LogP contribution in [0.5, 0.6) is 0 Å². The maximum atomic E-state index is 11.4. The summed E-state index contributed by atoms with van der Waals surface area (Å²) in [4.78, 5) is 11.4. The Morgan fingerprint density at radius 2 is 1.84 bits per heavy atom. The summed E-state index contributed by atoms with van der Waals surface area (Å²) in [6.07, 6.45) is 3.89. The van der Waals surface area contributed by atoms with Crippen molar-refractivity contribution in [2.75, 3.05) is 5.32 Å². The van der Waals surface area contributed by atoms with E-state index >= 15 is 0 Å². The van der Waals surface area contributed by atoms with Gasteiger partial charge < -0.3 is 10.4 Å². The minimum Gasteiger partial charge on any atom is -0.478 e. The van der Waals surface area contributed by atoms with E-state index in [-0.39, 0.29) is 0 Å². The number of carboxylic acids is 1. The van der Waals surface area contributed by atoms with Gasteiger partial charge in [0.05, 0.1) is 11.6 Å². The van der Waals surface area contributed by atoms with E-state index in [1.807, 2.05) is 12.1 Å². The smallest absolute Gasteiger partial charge is 0.335 e. The van der Waals surface area contributed by atoms with Crippen molar-refractivity contribution in [3.63, 3.8) is 0 Å². The van der Waals surface area contributed by atoms with Crippen LogP contribution >= 0.6 is 15.9 Å². The monoisotopic (exact) mass is 397 g/mol. The molecule has 2 aromatic carbocycles. The van der Waals surface area contributed by atoms with Gasteiger partial charge in [-0.25, -0.2) is 4.79 Å². The first kappa shape index (κ1) is 15.4. The molecule has 2 bridgehead atoms. The lowest BCUT2D eigenvalue weighted by atomic mass is 9.68. The summed E-state index contributed by atoms with van der Waals surface area (Å²) in [5, 5.41) is 13.1. The van der Waals surface area contributed by atoms with Crippen LogP contribution < -0.4 is 5.32 Å². The highest BCUT2D eigenvalue weighted by Gasteiger charge is 2.53. The first-order chi connectivity index (χ1) is 12.1. The normalized spacial score (nSPS) is 32.0. The number of hydrogen-bond donors (Lipinski definition) is 2. The van der Waals surface area contributed by atoms with Gasteiger partial charge in [0.15, 0.2) is 0 Å². The molecule has 4 heteroatoms. The largest absolute Gasteiger partial charge is 0.478 e. The van der Waals surface area contributed by atoms with E-state index in [2.05, 4.69) is 45.5 Å². The Morgan fingerprint density at radius 1 is 1.08 bits per heavy atom. The summed E-state index contributed by atoms with van der Waals surface area (Å²) in [6.45, 7) is 0. The summed E-state index contributed by atoms with van der Waals surface area (Å²) in [6, 6.07) is 14.6. The van der Waals surface area contributed by atoms with Crippen LogP contribution in [0.15, 0.2) is 46.9 Å². The van der Waals surface area contributed by atoms with E-state index in [0.717, 1.165) is 16.1 Å². The Balaban J connectivity index is 1.62. The van der Waals surface area contributed by atoms with Crippen molar-refractivity contribution < 1.29 is 9.90 Å². The standard InChI is InChI=1S/C21H20BrNO2/c22-15-6-3-11(4-7-15)20-19-13-2-1-12(9-13)18(19)16-10-14(21(24)25)5-8-17(16)23-20/h3-8,10,12-13,18-20,23H,1-2,9H2,(H,24,25)/t12-,13-,18-,19-,20+/m0/s1. The molecule has 25 heavy (non-hydrogen) atoms. The molecule has 0 radical (unpaired) electrons. The highest BCUT2D eigenvalue weighted by molar-refractivity contribution is 9.10. The molecule has 1 aliphatic heterocycles. The Kier molecular flexibility index (Phi) is 3.46. The average molecular weight is 398 g/mol. The summed E-state index contributed by atoms with van der Waals surface area (Å²) < 4.78 is 1.10. The second-order valence-corrected chi connectivity index (χ2v) is 8.63. The molecule has 3 aliphatic rings. The number of nitrogens with one attached hydrogen (secondary N) is 1. The molecular weight excluding hydrogens is 378 g/mol. The van der Waals surface area contributed by atoms with Gasteiger partial charge >= 0.3 is 5.97 Å². The molecule has 128 valence electrons. The molecule has 0 saturated heterocycles. The molecule has 5 rings (SSSR count). The van der Waals surface area contributed by atoms with Gasteiger partial charge in [-0.05, 0) is 84.4 Å². The first-order valence-electron chi connectivity index (χ1n) is 9.01. The van der Waals surface area contributed by atoms with E-state index in [4.69, 9.17) is 0 Å². The highest BCUT2D eigenvalue weighted by Crippen LogP contribution is 2.63. The lowest BCUT2D eigenvalue weighted by Gasteiger charge is -2.43. The Hall–Kier alpha value is -1.81. The third-order valence-electron chi connectivity index (χ3n) is 6.56. The van der Waals surface area contributed by atoms with Crippen molar-refractivity contribution in [1.82, 2.24) is 0 Å². The number of anilines is 1. The molecule has 2 aliphatic carbocycles. The minimum absolute atomic E-state index is 0.316. The van der Waals surface area contributed by atoms with Gasteiger partial charge in [0.2, 0.25) is 0 Å². The van der Waals surface area contributed by atoms with Gasteiger partial charge in [-0.2, -0.15) is 0 Å².